The molecular formula is C18H24N4O3. The number of ether oxygens (including phenoxy) is 1. The number of carbonyl (C=O) groups is 2. The quantitative estimate of drug-likeness (QED) is 0.591. The molecule has 2 atom stereocenters. The molecule has 0 unspecified atom stereocenters. The van der Waals surface area contributed by atoms with E-state index < -0.39 is 5.41 Å². The average Bonchev–Trinajstić information content (AvgIpc) is 3.17. The minimum absolute atomic E-state index is 0.0304. The number of likely N-dealkylation sites (tertiary alicyclic amines) is 1. The summed E-state index contributed by atoms with van der Waals surface area (Å²) < 4.78 is 5.09. The van der Waals surface area contributed by atoms with Crippen LogP contribution >= 0.6 is 0 Å². The Morgan fingerprint density at radius 2 is 2.04 bits per heavy atom. The van der Waals surface area contributed by atoms with Crippen LogP contribution in [-0.4, -0.2) is 60.0 Å². The maximum absolute atomic E-state index is 12.6. The van der Waals surface area contributed by atoms with Gasteiger partial charge in [0.2, 0.25) is 11.9 Å². The van der Waals surface area contributed by atoms with Crippen LogP contribution in [0.4, 0.5) is 5.95 Å². The van der Waals surface area contributed by atoms with E-state index in [-0.39, 0.29) is 17.8 Å². The third-order valence-corrected chi connectivity index (χ3v) is 5.08. The Morgan fingerprint density at radius 3 is 2.72 bits per heavy atom. The van der Waals surface area contributed by atoms with Gasteiger partial charge in [-0.25, -0.2) is 9.97 Å². The van der Waals surface area contributed by atoms with Gasteiger partial charge < -0.3 is 14.5 Å². The zero-order chi connectivity index (χ0) is 17.9. The molecule has 7 nitrogen and oxygen atoms in total. The Hall–Kier alpha value is -2.44. The van der Waals surface area contributed by atoms with E-state index in [9.17, 15) is 9.59 Å². The van der Waals surface area contributed by atoms with Gasteiger partial charge in [-0.1, -0.05) is 19.1 Å². The van der Waals surface area contributed by atoms with Gasteiger partial charge in [0, 0.05) is 50.9 Å². The summed E-state index contributed by atoms with van der Waals surface area (Å²) in [4.78, 5) is 37.4. The number of rotatable bonds is 5. The molecule has 2 aliphatic rings. The predicted octanol–water partition coefficient (Wildman–Crippen LogP) is 1.27. The minimum atomic E-state index is -0.696. The Kier molecular flexibility index (Phi) is 5.01. The topological polar surface area (TPSA) is 75.6 Å². The van der Waals surface area contributed by atoms with Crippen molar-refractivity contribution in [2.24, 2.45) is 11.3 Å². The first-order valence-corrected chi connectivity index (χ1v) is 8.64. The van der Waals surface area contributed by atoms with Gasteiger partial charge in [0.05, 0.1) is 7.11 Å². The molecule has 1 amide bonds. The summed E-state index contributed by atoms with van der Waals surface area (Å²) in [5.41, 5.74) is -0.696. The molecule has 134 valence electrons. The second kappa shape index (κ2) is 7.21. The number of aromatic nitrogens is 2. The zero-order valence-corrected chi connectivity index (χ0v) is 14.7. The molecule has 7 heteroatoms. The fraction of sp³-hybridized carbons (Fsp3) is 0.556. The number of nitrogens with zero attached hydrogens (tertiary/aromatic N) is 4. The van der Waals surface area contributed by atoms with E-state index in [0.29, 0.717) is 38.5 Å². The van der Waals surface area contributed by atoms with E-state index >= 15 is 0 Å². The lowest BCUT2D eigenvalue weighted by Gasteiger charge is -2.26. The Balaban J connectivity index is 1.76. The maximum atomic E-state index is 12.6. The molecule has 0 aliphatic carbocycles. The highest BCUT2D eigenvalue weighted by molar-refractivity contribution is 5.84. The van der Waals surface area contributed by atoms with Gasteiger partial charge in [0.25, 0.3) is 0 Å². The van der Waals surface area contributed by atoms with E-state index in [1.807, 2.05) is 24.0 Å². The fourth-order valence-electron chi connectivity index (χ4n) is 3.83. The van der Waals surface area contributed by atoms with Crippen molar-refractivity contribution in [2.75, 3.05) is 38.2 Å². The minimum Gasteiger partial charge on any atom is -0.468 e. The van der Waals surface area contributed by atoms with Gasteiger partial charge in [-0.2, -0.15) is 0 Å². The molecule has 1 aromatic heterocycles. The highest BCUT2D eigenvalue weighted by atomic mass is 16.5. The predicted molar refractivity (Wildman–Crippen MR) is 92.8 cm³/mol. The van der Waals surface area contributed by atoms with E-state index in [1.165, 1.54) is 7.11 Å². The van der Waals surface area contributed by atoms with Crippen LogP contribution in [0.25, 0.3) is 0 Å². The first kappa shape index (κ1) is 17.4. The number of fused-ring (bicyclic) bond motifs is 1. The van der Waals surface area contributed by atoms with E-state index in [2.05, 4.69) is 9.97 Å². The Morgan fingerprint density at radius 1 is 1.28 bits per heavy atom. The van der Waals surface area contributed by atoms with Crippen molar-refractivity contribution in [2.45, 2.75) is 19.8 Å². The van der Waals surface area contributed by atoms with Crippen molar-refractivity contribution < 1.29 is 14.3 Å². The molecule has 1 aromatic rings. The second-order valence-corrected chi connectivity index (χ2v) is 6.63. The van der Waals surface area contributed by atoms with Crippen molar-refractivity contribution >= 4 is 17.8 Å². The van der Waals surface area contributed by atoms with Crippen molar-refractivity contribution in [3.8, 4) is 0 Å². The molecule has 0 aromatic carbocycles. The third kappa shape index (κ3) is 3.23. The van der Waals surface area contributed by atoms with E-state index in [4.69, 9.17) is 4.74 Å². The largest absolute Gasteiger partial charge is 0.468 e. The van der Waals surface area contributed by atoms with Crippen LogP contribution in [0, 0.1) is 11.3 Å². The Bertz CT molecular complexity index is 664. The lowest BCUT2D eigenvalue weighted by Crippen LogP contribution is -2.43. The number of hydrogen-bond acceptors (Lipinski definition) is 6. The number of amides is 1. The lowest BCUT2D eigenvalue weighted by atomic mass is 9.81. The van der Waals surface area contributed by atoms with Gasteiger partial charge in [0.1, 0.15) is 5.41 Å². The summed E-state index contributed by atoms with van der Waals surface area (Å²) in [6.07, 6.45) is 8.55. The molecule has 25 heavy (non-hydrogen) atoms. The molecule has 0 saturated carbocycles. The van der Waals surface area contributed by atoms with Crippen LogP contribution in [0.1, 0.15) is 19.8 Å². The lowest BCUT2D eigenvalue weighted by molar-refractivity contribution is -0.152. The molecule has 0 bridgehead atoms. The molecule has 3 heterocycles. The third-order valence-electron chi connectivity index (χ3n) is 5.08. The molecule has 2 aliphatic heterocycles. The van der Waals surface area contributed by atoms with E-state index in [0.717, 1.165) is 6.42 Å². The van der Waals surface area contributed by atoms with E-state index in [1.54, 1.807) is 23.4 Å². The van der Waals surface area contributed by atoms with Gasteiger partial charge in [-0.05, 0) is 12.5 Å². The standard InChI is InChI=1S/C18H24N4O3/c1-3-4-5-7-15(23)21-10-14-11-22(17-19-8-6-9-20-17)13-18(14,12-21)16(24)25-2/h4-6,8-9,14H,3,7,10-13H2,1-2H3/t14-,18-/m1/s1. The fourth-order valence-corrected chi connectivity index (χ4v) is 3.83. The summed E-state index contributed by atoms with van der Waals surface area (Å²) in [6, 6.07) is 1.76. The molecule has 3 rings (SSSR count). The van der Waals surface area contributed by atoms with Crippen molar-refractivity contribution in [3.63, 3.8) is 0 Å². The molecule has 0 radical (unpaired) electrons. The normalized spacial score (nSPS) is 25.4. The monoisotopic (exact) mass is 344 g/mol. The molecule has 0 N–H and O–H groups in total. The number of esters is 1. The number of hydrogen-bond donors (Lipinski definition) is 0. The zero-order valence-electron chi connectivity index (χ0n) is 14.7. The van der Waals surface area contributed by atoms with Crippen LogP contribution in [-0.2, 0) is 14.3 Å². The van der Waals surface area contributed by atoms with Crippen molar-refractivity contribution in [3.05, 3.63) is 30.6 Å². The first-order chi connectivity index (χ1) is 12.1. The number of methoxy groups -OCH3 is 1. The number of anilines is 1. The summed E-state index contributed by atoms with van der Waals surface area (Å²) in [6.45, 7) is 4.12. The molecular weight excluding hydrogens is 320 g/mol. The second-order valence-electron chi connectivity index (χ2n) is 6.63. The number of carbonyl (C=O) groups excluding carboxylic acids is 2. The summed E-state index contributed by atoms with van der Waals surface area (Å²) in [7, 11) is 1.41. The Labute approximate surface area is 147 Å². The van der Waals surface area contributed by atoms with Crippen LogP contribution in [0.3, 0.4) is 0 Å². The number of allylic oxidation sites excluding steroid dienone is 1. The average molecular weight is 344 g/mol. The van der Waals surface area contributed by atoms with Crippen LogP contribution in [0.15, 0.2) is 30.6 Å². The van der Waals surface area contributed by atoms with Gasteiger partial charge in [-0.3, -0.25) is 9.59 Å². The molecule has 2 saturated heterocycles. The van der Waals surface area contributed by atoms with Crippen molar-refractivity contribution in [1.29, 1.82) is 0 Å². The first-order valence-electron chi connectivity index (χ1n) is 8.64. The SMILES string of the molecule is CCC=CCC(=O)N1C[C@@H]2CN(c3ncccn3)C[C@]2(C(=O)OC)C1. The van der Waals surface area contributed by atoms with Gasteiger partial charge >= 0.3 is 5.97 Å². The van der Waals surface area contributed by atoms with Crippen LogP contribution in [0.2, 0.25) is 0 Å². The highest BCUT2D eigenvalue weighted by Gasteiger charge is 2.59. The van der Waals surface area contributed by atoms with Crippen LogP contribution in [0.5, 0.6) is 0 Å². The summed E-state index contributed by atoms with van der Waals surface area (Å²) in [5.74, 6) is 0.451. The highest BCUT2D eigenvalue weighted by Crippen LogP contribution is 2.44. The van der Waals surface area contributed by atoms with Gasteiger partial charge in [0.15, 0.2) is 0 Å². The van der Waals surface area contributed by atoms with Crippen molar-refractivity contribution in [1.82, 2.24) is 14.9 Å². The van der Waals surface area contributed by atoms with Gasteiger partial charge in [-0.15, -0.1) is 0 Å². The summed E-state index contributed by atoms with van der Waals surface area (Å²) in [5, 5.41) is 0. The van der Waals surface area contributed by atoms with Crippen LogP contribution < -0.4 is 4.90 Å². The summed E-state index contributed by atoms with van der Waals surface area (Å²) >= 11 is 0. The smallest absolute Gasteiger partial charge is 0.315 e. The molecule has 0 spiro atoms. The molecule has 2 fully saturated rings. The maximum Gasteiger partial charge on any atom is 0.315 e.